The predicted molar refractivity (Wildman–Crippen MR) is 142 cm³/mol. The van der Waals surface area contributed by atoms with Crippen LogP contribution in [0.25, 0.3) is 22.3 Å². The van der Waals surface area contributed by atoms with Gasteiger partial charge in [-0.1, -0.05) is 6.07 Å². The second kappa shape index (κ2) is 10.7. The fourth-order valence-electron chi connectivity index (χ4n) is 4.62. The van der Waals surface area contributed by atoms with E-state index >= 15 is 0 Å². The lowest BCUT2D eigenvalue weighted by molar-refractivity contribution is -0.0123. The fraction of sp³-hybridized carbons (Fsp3) is 0.276. The maximum absolute atomic E-state index is 13.4. The number of hydrogen-bond donors (Lipinski definition) is 1. The van der Waals surface area contributed by atoms with Gasteiger partial charge in [0, 0.05) is 23.3 Å². The molecule has 0 saturated heterocycles. The van der Waals surface area contributed by atoms with E-state index in [4.69, 9.17) is 37.6 Å². The zero-order chi connectivity index (χ0) is 27.7. The Morgan fingerprint density at radius 1 is 0.769 bits per heavy atom. The van der Waals surface area contributed by atoms with Crippen LogP contribution in [-0.2, 0) is 0 Å². The standard InChI is InChI=1S/C29H28O10/c1-32-17-12-22(35-4)25-23(13-17)39-28(29(36-5)26(25)31)16-7-9-19-21(11-16)37-24(14-30)27(38-19)15-6-8-18(33-2)20(10-15)34-3/h6-13,24,27,30H,14H2,1-5H3. The van der Waals surface area contributed by atoms with Gasteiger partial charge in [-0.05, 0) is 30.3 Å². The first-order valence-corrected chi connectivity index (χ1v) is 12.0. The minimum Gasteiger partial charge on any atom is -0.496 e. The predicted octanol–water partition coefficient (Wildman–Crippen LogP) is 4.38. The highest BCUT2D eigenvalue weighted by atomic mass is 16.6. The van der Waals surface area contributed by atoms with Crippen molar-refractivity contribution in [3.8, 4) is 51.6 Å². The molecule has 0 saturated carbocycles. The van der Waals surface area contributed by atoms with Gasteiger partial charge in [-0.2, -0.15) is 0 Å². The van der Waals surface area contributed by atoms with E-state index in [1.807, 2.05) is 6.07 Å². The number of aliphatic hydroxyl groups is 1. The molecule has 0 amide bonds. The van der Waals surface area contributed by atoms with Crippen molar-refractivity contribution in [1.29, 1.82) is 0 Å². The van der Waals surface area contributed by atoms with Crippen LogP contribution < -0.4 is 38.6 Å². The molecule has 1 N–H and O–H groups in total. The van der Waals surface area contributed by atoms with Crippen LogP contribution in [0, 0.1) is 0 Å². The van der Waals surface area contributed by atoms with Crippen LogP contribution in [0.15, 0.2) is 57.7 Å². The van der Waals surface area contributed by atoms with Crippen molar-refractivity contribution >= 4 is 11.0 Å². The normalized spacial score (nSPS) is 16.1. The molecule has 2 unspecified atom stereocenters. The molecule has 0 aliphatic carbocycles. The van der Waals surface area contributed by atoms with Gasteiger partial charge in [-0.25, -0.2) is 0 Å². The first kappa shape index (κ1) is 26.1. The fourth-order valence-corrected chi connectivity index (χ4v) is 4.62. The van der Waals surface area contributed by atoms with Crippen molar-refractivity contribution in [2.45, 2.75) is 12.2 Å². The molecule has 10 heteroatoms. The molecule has 3 aromatic carbocycles. The van der Waals surface area contributed by atoms with Gasteiger partial charge in [-0.15, -0.1) is 0 Å². The van der Waals surface area contributed by atoms with Crippen LogP contribution in [0.1, 0.15) is 11.7 Å². The first-order chi connectivity index (χ1) is 19.0. The van der Waals surface area contributed by atoms with E-state index in [0.29, 0.717) is 40.1 Å². The van der Waals surface area contributed by atoms with E-state index < -0.39 is 17.6 Å². The molecule has 5 rings (SSSR count). The molecule has 1 aliphatic heterocycles. The number of aliphatic hydroxyl groups excluding tert-OH is 1. The molecule has 2 heterocycles. The van der Waals surface area contributed by atoms with Crippen LogP contribution in [0.2, 0.25) is 0 Å². The van der Waals surface area contributed by atoms with E-state index in [0.717, 1.165) is 5.56 Å². The van der Waals surface area contributed by atoms with Gasteiger partial charge in [0.15, 0.2) is 41.0 Å². The Labute approximate surface area is 224 Å². The van der Waals surface area contributed by atoms with Crippen LogP contribution in [-0.4, -0.2) is 53.4 Å². The lowest BCUT2D eigenvalue weighted by atomic mass is 10.0. The van der Waals surface area contributed by atoms with E-state index in [-0.39, 0.29) is 29.1 Å². The molecular weight excluding hydrogens is 508 g/mol. The number of methoxy groups -OCH3 is 5. The molecule has 10 nitrogen and oxygen atoms in total. The molecule has 2 atom stereocenters. The number of ether oxygens (including phenoxy) is 7. The minimum absolute atomic E-state index is 0.00422. The van der Waals surface area contributed by atoms with Gasteiger partial charge in [0.25, 0.3) is 0 Å². The molecule has 0 bridgehead atoms. The quantitative estimate of drug-likeness (QED) is 0.348. The van der Waals surface area contributed by atoms with Gasteiger partial charge in [0.05, 0.1) is 42.2 Å². The van der Waals surface area contributed by atoms with Crippen molar-refractivity contribution in [1.82, 2.24) is 0 Å². The third kappa shape index (κ3) is 4.52. The lowest BCUT2D eigenvalue weighted by Crippen LogP contribution is -2.36. The summed E-state index contributed by atoms with van der Waals surface area (Å²) in [4.78, 5) is 13.4. The van der Waals surface area contributed by atoms with Crippen LogP contribution in [0.5, 0.6) is 40.2 Å². The number of hydrogen-bond acceptors (Lipinski definition) is 10. The molecule has 4 aromatic rings. The molecule has 204 valence electrons. The Hall–Kier alpha value is -4.57. The Morgan fingerprint density at radius 2 is 1.54 bits per heavy atom. The Bertz CT molecular complexity index is 1580. The Kier molecular flexibility index (Phi) is 7.12. The number of rotatable bonds is 8. The zero-order valence-electron chi connectivity index (χ0n) is 22.1. The van der Waals surface area contributed by atoms with Crippen LogP contribution in [0.3, 0.4) is 0 Å². The maximum Gasteiger partial charge on any atom is 0.239 e. The van der Waals surface area contributed by atoms with Gasteiger partial charge in [0.2, 0.25) is 11.2 Å². The molecule has 0 radical (unpaired) electrons. The van der Waals surface area contributed by atoms with Crippen molar-refractivity contribution < 1.29 is 42.7 Å². The topological polar surface area (TPSA) is 115 Å². The highest BCUT2D eigenvalue weighted by molar-refractivity contribution is 5.88. The van der Waals surface area contributed by atoms with Crippen LogP contribution in [0.4, 0.5) is 0 Å². The summed E-state index contributed by atoms with van der Waals surface area (Å²) in [6.07, 6.45) is -1.33. The Balaban J connectivity index is 1.58. The van der Waals surface area contributed by atoms with Gasteiger partial charge in [0.1, 0.15) is 22.5 Å². The summed E-state index contributed by atoms with van der Waals surface area (Å²) in [7, 11) is 7.47. The number of fused-ring (bicyclic) bond motifs is 2. The smallest absolute Gasteiger partial charge is 0.239 e. The minimum atomic E-state index is -0.718. The monoisotopic (exact) mass is 536 g/mol. The molecule has 0 spiro atoms. The second-order valence-electron chi connectivity index (χ2n) is 8.65. The second-order valence-corrected chi connectivity index (χ2v) is 8.65. The van der Waals surface area contributed by atoms with E-state index in [9.17, 15) is 9.90 Å². The molecule has 39 heavy (non-hydrogen) atoms. The van der Waals surface area contributed by atoms with Gasteiger partial charge in [-0.3, -0.25) is 4.79 Å². The van der Waals surface area contributed by atoms with Gasteiger partial charge < -0.3 is 42.7 Å². The van der Waals surface area contributed by atoms with Crippen molar-refractivity contribution in [2.75, 3.05) is 42.2 Å². The summed E-state index contributed by atoms with van der Waals surface area (Å²) in [5.41, 5.74) is 1.12. The maximum atomic E-state index is 13.4. The summed E-state index contributed by atoms with van der Waals surface area (Å²) in [6.45, 7) is -0.309. The summed E-state index contributed by atoms with van der Waals surface area (Å²) in [5.74, 6) is 2.89. The van der Waals surface area contributed by atoms with Gasteiger partial charge >= 0.3 is 0 Å². The van der Waals surface area contributed by atoms with Crippen molar-refractivity contribution in [3.63, 3.8) is 0 Å². The molecule has 1 aliphatic rings. The highest BCUT2D eigenvalue weighted by Crippen LogP contribution is 2.44. The summed E-state index contributed by atoms with van der Waals surface area (Å²) in [6, 6.07) is 13.7. The van der Waals surface area contributed by atoms with E-state index in [1.165, 1.54) is 21.3 Å². The van der Waals surface area contributed by atoms with Crippen LogP contribution >= 0.6 is 0 Å². The third-order valence-electron chi connectivity index (χ3n) is 6.54. The highest BCUT2D eigenvalue weighted by Gasteiger charge is 2.34. The molecule has 1 aromatic heterocycles. The van der Waals surface area contributed by atoms with E-state index in [2.05, 4.69) is 0 Å². The summed E-state index contributed by atoms with van der Waals surface area (Å²) >= 11 is 0. The van der Waals surface area contributed by atoms with Crippen molar-refractivity contribution in [2.24, 2.45) is 0 Å². The van der Waals surface area contributed by atoms with Crippen molar-refractivity contribution in [3.05, 3.63) is 64.3 Å². The first-order valence-electron chi connectivity index (χ1n) is 12.0. The Morgan fingerprint density at radius 3 is 2.21 bits per heavy atom. The summed E-state index contributed by atoms with van der Waals surface area (Å²) < 4.78 is 45.5. The third-order valence-corrected chi connectivity index (χ3v) is 6.54. The lowest BCUT2D eigenvalue weighted by Gasteiger charge is -2.33. The average molecular weight is 537 g/mol. The summed E-state index contributed by atoms with van der Waals surface area (Å²) in [5, 5.41) is 10.4. The average Bonchev–Trinajstić information content (AvgIpc) is 2.98. The molecule has 0 fully saturated rings. The number of benzene rings is 3. The largest absolute Gasteiger partial charge is 0.496 e. The van der Waals surface area contributed by atoms with E-state index in [1.54, 1.807) is 56.7 Å². The zero-order valence-corrected chi connectivity index (χ0v) is 22.1. The SMILES string of the molecule is COc1cc(OC)c2c(=O)c(OC)c(-c3ccc4c(c3)OC(CO)C(c3ccc(OC)c(OC)c3)O4)oc2c1. The molecular formula is C29H28O10.